The van der Waals surface area contributed by atoms with Crippen LogP contribution in [0.3, 0.4) is 0 Å². The Kier molecular flexibility index (Phi) is 4.18. The van der Waals surface area contributed by atoms with Gasteiger partial charge in [0, 0.05) is 16.9 Å². The minimum absolute atomic E-state index is 0.140. The number of anilines is 1. The number of rotatable bonds is 2. The van der Waals surface area contributed by atoms with Gasteiger partial charge in [0.15, 0.2) is 0 Å². The molecule has 0 atom stereocenters. The zero-order valence-corrected chi connectivity index (χ0v) is 11.7. The summed E-state index contributed by atoms with van der Waals surface area (Å²) in [6.45, 7) is 5.18. The van der Waals surface area contributed by atoms with Crippen LogP contribution in [0.25, 0.3) is 0 Å². The van der Waals surface area contributed by atoms with E-state index in [0.717, 1.165) is 6.20 Å². The third kappa shape index (κ3) is 4.89. The van der Waals surface area contributed by atoms with Crippen molar-refractivity contribution in [3.8, 4) is 0 Å². The van der Waals surface area contributed by atoms with E-state index < -0.39 is 20.7 Å². The van der Waals surface area contributed by atoms with Gasteiger partial charge in [-0.2, -0.15) is 0 Å². The number of pyridine rings is 1. The molecule has 0 aliphatic heterocycles. The summed E-state index contributed by atoms with van der Waals surface area (Å²) in [6.07, 6.45) is 0.381. The van der Waals surface area contributed by atoms with Crippen LogP contribution in [0.2, 0.25) is 0 Å². The van der Waals surface area contributed by atoms with E-state index >= 15 is 0 Å². The van der Waals surface area contributed by atoms with Crippen LogP contribution in [0.15, 0.2) is 23.2 Å². The first-order valence-corrected chi connectivity index (χ1v) is 7.29. The molecule has 0 spiro atoms. The first-order valence-electron chi connectivity index (χ1n) is 4.99. The van der Waals surface area contributed by atoms with E-state index in [9.17, 15) is 13.2 Å². The van der Waals surface area contributed by atoms with Gasteiger partial charge in [-0.05, 0) is 32.9 Å². The fourth-order valence-electron chi connectivity index (χ4n) is 1.01. The normalized spacial score (nSPS) is 12.0. The van der Waals surface area contributed by atoms with Crippen molar-refractivity contribution in [1.82, 2.24) is 4.98 Å². The molecule has 0 saturated carbocycles. The van der Waals surface area contributed by atoms with Crippen molar-refractivity contribution >= 4 is 31.6 Å². The van der Waals surface area contributed by atoms with Gasteiger partial charge < -0.3 is 4.74 Å². The second-order valence-corrected chi connectivity index (χ2v) is 7.01. The van der Waals surface area contributed by atoms with Crippen molar-refractivity contribution in [2.75, 3.05) is 5.32 Å². The van der Waals surface area contributed by atoms with E-state index in [2.05, 4.69) is 10.3 Å². The minimum atomic E-state index is -3.81. The molecule has 0 radical (unpaired) electrons. The van der Waals surface area contributed by atoms with Crippen LogP contribution in [0.5, 0.6) is 0 Å². The first kappa shape index (κ1) is 14.7. The van der Waals surface area contributed by atoms with Gasteiger partial charge in [-0.25, -0.2) is 18.2 Å². The maximum atomic E-state index is 11.4. The van der Waals surface area contributed by atoms with E-state index in [0.29, 0.717) is 0 Å². The number of carbonyl (C=O) groups is 1. The summed E-state index contributed by atoms with van der Waals surface area (Å²) in [6, 6.07) is 2.56. The van der Waals surface area contributed by atoms with E-state index in [1.54, 1.807) is 20.8 Å². The van der Waals surface area contributed by atoms with Gasteiger partial charge in [0.2, 0.25) is 0 Å². The molecule has 1 amide bonds. The lowest BCUT2D eigenvalue weighted by Gasteiger charge is -2.19. The molecule has 18 heavy (non-hydrogen) atoms. The molecule has 1 rings (SSSR count). The highest BCUT2D eigenvalue weighted by Crippen LogP contribution is 2.15. The molecule has 8 heteroatoms. The predicted octanol–water partition coefficient (Wildman–Crippen LogP) is 2.36. The molecular weight excluding hydrogens is 280 g/mol. The topological polar surface area (TPSA) is 85.4 Å². The molecule has 0 aliphatic carbocycles. The van der Waals surface area contributed by atoms with E-state index in [1.807, 2.05) is 0 Å². The Balaban J connectivity index is 2.73. The lowest BCUT2D eigenvalue weighted by atomic mass is 10.2. The molecule has 1 aromatic heterocycles. The Bertz CT molecular complexity index is 534. The molecule has 0 aromatic carbocycles. The Labute approximate surface area is 110 Å². The summed E-state index contributed by atoms with van der Waals surface area (Å²) in [7, 11) is 1.31. The van der Waals surface area contributed by atoms with Crippen LogP contribution < -0.4 is 5.32 Å². The number of ether oxygens (including phenoxy) is 1. The molecule has 1 heterocycles. The summed E-state index contributed by atoms with van der Waals surface area (Å²) in [5.41, 5.74) is -0.622. The Hall–Kier alpha value is -1.34. The Morgan fingerprint density at radius 2 is 2.00 bits per heavy atom. The second kappa shape index (κ2) is 5.11. The summed E-state index contributed by atoms with van der Waals surface area (Å²) < 4.78 is 26.9. The van der Waals surface area contributed by atoms with Crippen LogP contribution in [0.1, 0.15) is 20.8 Å². The zero-order valence-electron chi connectivity index (χ0n) is 10.1. The molecule has 0 saturated heterocycles. The van der Waals surface area contributed by atoms with Gasteiger partial charge in [-0.3, -0.25) is 5.32 Å². The van der Waals surface area contributed by atoms with Gasteiger partial charge in [0.1, 0.15) is 16.3 Å². The summed E-state index contributed by atoms with van der Waals surface area (Å²) in [5.74, 6) is 0.174. The van der Waals surface area contributed by atoms with Gasteiger partial charge >= 0.3 is 6.09 Å². The average molecular weight is 293 g/mol. The molecule has 0 aliphatic rings. The number of halogens is 1. The van der Waals surface area contributed by atoms with E-state index in [4.69, 9.17) is 15.4 Å². The monoisotopic (exact) mass is 292 g/mol. The molecule has 100 valence electrons. The van der Waals surface area contributed by atoms with Crippen molar-refractivity contribution in [3.05, 3.63) is 18.3 Å². The maximum Gasteiger partial charge on any atom is 0.413 e. The number of amides is 1. The molecule has 0 fully saturated rings. The van der Waals surface area contributed by atoms with Gasteiger partial charge in [0.05, 0.1) is 0 Å². The molecule has 0 bridgehead atoms. The largest absolute Gasteiger partial charge is 0.444 e. The number of aromatic nitrogens is 1. The number of nitrogens with one attached hydrogen (secondary N) is 1. The fourth-order valence-corrected chi connectivity index (χ4v) is 1.69. The van der Waals surface area contributed by atoms with Crippen molar-refractivity contribution in [2.45, 2.75) is 31.3 Å². The van der Waals surface area contributed by atoms with E-state index in [1.165, 1.54) is 12.1 Å². The van der Waals surface area contributed by atoms with Crippen LogP contribution in [-0.4, -0.2) is 25.1 Å². The van der Waals surface area contributed by atoms with Gasteiger partial charge in [-0.1, -0.05) is 0 Å². The molecule has 0 unspecified atom stereocenters. The van der Waals surface area contributed by atoms with Crippen molar-refractivity contribution in [1.29, 1.82) is 0 Å². The fraction of sp³-hybridized carbons (Fsp3) is 0.400. The highest BCUT2D eigenvalue weighted by molar-refractivity contribution is 8.13. The van der Waals surface area contributed by atoms with Crippen molar-refractivity contribution < 1.29 is 17.9 Å². The van der Waals surface area contributed by atoms with Crippen molar-refractivity contribution in [2.24, 2.45) is 0 Å². The second-order valence-electron chi connectivity index (χ2n) is 4.44. The molecule has 1 aromatic rings. The average Bonchev–Trinajstić information content (AvgIpc) is 2.13. The number of hydrogen-bond acceptors (Lipinski definition) is 5. The highest BCUT2D eigenvalue weighted by atomic mass is 35.7. The molecule has 6 nitrogen and oxygen atoms in total. The lowest BCUT2D eigenvalue weighted by Crippen LogP contribution is -2.27. The SMILES string of the molecule is CC(C)(C)OC(=O)Nc1ccc(S(=O)(=O)Cl)cn1. The van der Waals surface area contributed by atoms with Crippen LogP contribution in [0, 0.1) is 0 Å². The molecular formula is C10H13ClN2O4S. The standard InChI is InChI=1S/C10H13ClN2O4S/c1-10(2,3)17-9(14)13-8-5-4-7(6-12-8)18(11,15)16/h4-6H,1-3H3,(H,12,13,14). The molecule has 1 N–H and O–H groups in total. The third-order valence-corrected chi connectivity index (χ3v) is 2.99. The van der Waals surface area contributed by atoms with Crippen molar-refractivity contribution in [3.63, 3.8) is 0 Å². The number of hydrogen-bond donors (Lipinski definition) is 1. The first-order chi connectivity index (χ1) is 8.08. The van der Waals surface area contributed by atoms with Crippen LogP contribution in [0.4, 0.5) is 10.6 Å². The summed E-state index contributed by atoms with van der Waals surface area (Å²) >= 11 is 0. The Morgan fingerprint density at radius 1 is 1.39 bits per heavy atom. The van der Waals surface area contributed by atoms with E-state index in [-0.39, 0.29) is 10.7 Å². The van der Waals surface area contributed by atoms with Gasteiger partial charge in [0.25, 0.3) is 9.05 Å². The quantitative estimate of drug-likeness (QED) is 0.846. The Morgan fingerprint density at radius 3 is 2.39 bits per heavy atom. The predicted molar refractivity (Wildman–Crippen MR) is 67.1 cm³/mol. The zero-order chi connectivity index (χ0) is 14.0. The highest BCUT2D eigenvalue weighted by Gasteiger charge is 2.17. The minimum Gasteiger partial charge on any atom is -0.444 e. The van der Waals surface area contributed by atoms with Gasteiger partial charge in [-0.15, -0.1) is 0 Å². The number of nitrogens with zero attached hydrogens (tertiary/aromatic N) is 1. The maximum absolute atomic E-state index is 11.4. The van der Waals surface area contributed by atoms with Crippen LogP contribution in [-0.2, 0) is 13.8 Å². The van der Waals surface area contributed by atoms with Crippen LogP contribution >= 0.6 is 10.7 Å². The number of carbonyl (C=O) groups excluding carboxylic acids is 1. The summed E-state index contributed by atoms with van der Waals surface area (Å²) in [5, 5.41) is 2.37. The third-order valence-electron chi connectivity index (χ3n) is 1.65. The lowest BCUT2D eigenvalue weighted by molar-refractivity contribution is 0.0635. The summed E-state index contributed by atoms with van der Waals surface area (Å²) in [4.78, 5) is 15.0. The smallest absolute Gasteiger partial charge is 0.413 e.